The van der Waals surface area contributed by atoms with E-state index in [0.29, 0.717) is 50.5 Å². The topological polar surface area (TPSA) is 87.0 Å². The van der Waals surface area contributed by atoms with Crippen molar-refractivity contribution in [2.45, 2.75) is 38.1 Å². The Morgan fingerprint density at radius 2 is 1.68 bits per heavy atom. The Hall–Kier alpha value is -2.23. The highest BCUT2D eigenvalue weighted by molar-refractivity contribution is 7.89. The van der Waals surface area contributed by atoms with Gasteiger partial charge in [0.2, 0.25) is 15.9 Å². The van der Waals surface area contributed by atoms with Gasteiger partial charge in [0.1, 0.15) is 0 Å². The van der Waals surface area contributed by atoms with E-state index in [1.807, 2.05) is 36.9 Å². The molecule has 8 nitrogen and oxygen atoms in total. The quantitative estimate of drug-likeness (QED) is 0.699. The molecule has 0 atom stereocenters. The number of nitrogens with zero attached hydrogens (tertiary/aromatic N) is 4. The number of sulfonamides is 1. The first-order valence-electron chi connectivity index (χ1n) is 10.8. The lowest BCUT2D eigenvalue weighted by molar-refractivity contribution is -0.138. The summed E-state index contributed by atoms with van der Waals surface area (Å²) in [5, 5.41) is 3.92. The number of amides is 1. The van der Waals surface area contributed by atoms with Crippen molar-refractivity contribution in [3.63, 3.8) is 0 Å². The minimum absolute atomic E-state index is 0.104. The van der Waals surface area contributed by atoms with Crippen LogP contribution in [0.15, 0.2) is 39.8 Å². The van der Waals surface area contributed by atoms with Gasteiger partial charge >= 0.3 is 0 Å². The maximum Gasteiger partial charge on any atom is 0.243 e. The van der Waals surface area contributed by atoms with Gasteiger partial charge in [0.25, 0.3) is 0 Å². The van der Waals surface area contributed by atoms with Crippen LogP contribution in [0.4, 0.5) is 0 Å². The summed E-state index contributed by atoms with van der Waals surface area (Å²) in [6, 6.07) is 8.87. The highest BCUT2D eigenvalue weighted by Crippen LogP contribution is 2.26. The smallest absolute Gasteiger partial charge is 0.243 e. The summed E-state index contributed by atoms with van der Waals surface area (Å²) in [6.07, 6.45) is 1.14. The third-order valence-corrected chi connectivity index (χ3v) is 8.11. The average molecular weight is 447 g/mol. The third-order valence-electron chi connectivity index (χ3n) is 6.20. The van der Waals surface area contributed by atoms with Crippen molar-refractivity contribution in [1.82, 2.24) is 19.3 Å². The number of piperidine rings is 1. The lowest BCUT2D eigenvalue weighted by Crippen LogP contribution is -2.51. The molecule has 0 aliphatic carbocycles. The van der Waals surface area contributed by atoms with E-state index in [9.17, 15) is 13.2 Å². The summed E-state index contributed by atoms with van der Waals surface area (Å²) in [7, 11) is -3.50. The Kier molecular flexibility index (Phi) is 6.45. The Morgan fingerprint density at radius 1 is 1.03 bits per heavy atom. The molecular weight excluding hydrogens is 416 g/mol. The maximum atomic E-state index is 13.0. The molecule has 0 radical (unpaired) electrons. The van der Waals surface area contributed by atoms with E-state index < -0.39 is 10.0 Å². The van der Waals surface area contributed by atoms with Crippen molar-refractivity contribution in [3.05, 3.63) is 47.3 Å². The third kappa shape index (κ3) is 4.99. The molecule has 1 amide bonds. The van der Waals surface area contributed by atoms with Gasteiger partial charge < -0.3 is 9.42 Å². The average Bonchev–Trinajstić information content (AvgIpc) is 3.18. The Balaban J connectivity index is 1.27. The molecule has 0 unspecified atom stereocenters. The molecule has 4 rings (SSSR count). The monoisotopic (exact) mass is 446 g/mol. The number of rotatable bonds is 5. The van der Waals surface area contributed by atoms with E-state index >= 15 is 0 Å². The number of hydrogen-bond acceptors (Lipinski definition) is 6. The molecule has 3 heterocycles. The van der Waals surface area contributed by atoms with Crippen molar-refractivity contribution in [2.24, 2.45) is 5.92 Å². The molecule has 2 saturated heterocycles. The Morgan fingerprint density at radius 3 is 2.26 bits per heavy atom. The maximum absolute atomic E-state index is 13.0. The first-order valence-corrected chi connectivity index (χ1v) is 12.3. The van der Waals surface area contributed by atoms with Crippen molar-refractivity contribution in [3.8, 4) is 0 Å². The van der Waals surface area contributed by atoms with Crippen LogP contribution in [0.3, 0.4) is 0 Å². The van der Waals surface area contributed by atoms with Crippen LogP contribution < -0.4 is 0 Å². The summed E-state index contributed by atoms with van der Waals surface area (Å²) >= 11 is 0. The lowest BCUT2D eigenvalue weighted by Gasteiger charge is -2.38. The van der Waals surface area contributed by atoms with E-state index in [-0.39, 0.29) is 11.8 Å². The van der Waals surface area contributed by atoms with E-state index in [1.165, 1.54) is 4.31 Å². The van der Waals surface area contributed by atoms with Crippen LogP contribution in [0.5, 0.6) is 0 Å². The van der Waals surface area contributed by atoms with Crippen molar-refractivity contribution >= 4 is 15.9 Å². The molecule has 1 aromatic heterocycles. The summed E-state index contributed by atoms with van der Waals surface area (Å²) < 4.78 is 32.6. The van der Waals surface area contributed by atoms with Gasteiger partial charge in [0.05, 0.1) is 17.1 Å². The summed E-state index contributed by atoms with van der Waals surface area (Å²) in [5.74, 6) is 0.898. The minimum Gasteiger partial charge on any atom is -0.360 e. The predicted octanol–water partition coefficient (Wildman–Crippen LogP) is 2.04. The molecule has 168 valence electrons. The Bertz CT molecular complexity index is 1000. The fourth-order valence-corrected chi connectivity index (χ4v) is 5.77. The molecule has 0 spiro atoms. The second kappa shape index (κ2) is 9.10. The lowest BCUT2D eigenvalue weighted by atomic mass is 9.96. The fraction of sp³-hybridized carbons (Fsp3) is 0.545. The number of piperazine rings is 1. The second-order valence-corrected chi connectivity index (χ2v) is 10.5. The van der Waals surface area contributed by atoms with Gasteiger partial charge in [0.15, 0.2) is 5.76 Å². The predicted molar refractivity (Wildman–Crippen MR) is 116 cm³/mol. The van der Waals surface area contributed by atoms with Crippen molar-refractivity contribution in [2.75, 3.05) is 39.3 Å². The second-order valence-electron chi connectivity index (χ2n) is 8.53. The first-order chi connectivity index (χ1) is 14.8. The number of aryl methyl sites for hydroxylation is 2. The van der Waals surface area contributed by atoms with Crippen LogP contribution in [-0.4, -0.2) is 72.9 Å². The molecule has 2 aliphatic heterocycles. The number of hydrogen-bond donors (Lipinski definition) is 0. The molecular formula is C22H30N4O4S. The van der Waals surface area contributed by atoms with Gasteiger partial charge in [-0.05, 0) is 38.8 Å². The molecule has 0 saturated carbocycles. The molecule has 0 N–H and O–H groups in total. The molecule has 2 aromatic rings. The zero-order valence-corrected chi connectivity index (χ0v) is 19.0. The van der Waals surface area contributed by atoms with Crippen LogP contribution >= 0.6 is 0 Å². The van der Waals surface area contributed by atoms with Crippen LogP contribution in [-0.2, 0) is 21.4 Å². The van der Waals surface area contributed by atoms with Crippen LogP contribution in [0, 0.1) is 19.8 Å². The van der Waals surface area contributed by atoms with Gasteiger partial charge in [-0.25, -0.2) is 8.42 Å². The zero-order valence-electron chi connectivity index (χ0n) is 18.2. The zero-order chi connectivity index (χ0) is 22.0. The van der Waals surface area contributed by atoms with Gasteiger partial charge in [-0.15, -0.1) is 0 Å². The normalized spacial score (nSPS) is 19.6. The fourth-order valence-electron chi connectivity index (χ4n) is 4.30. The molecule has 9 heteroatoms. The van der Waals surface area contributed by atoms with E-state index in [2.05, 4.69) is 10.1 Å². The van der Waals surface area contributed by atoms with Gasteiger partial charge in [-0.3, -0.25) is 9.69 Å². The highest BCUT2D eigenvalue weighted by Gasteiger charge is 2.34. The van der Waals surface area contributed by atoms with E-state index in [1.54, 1.807) is 12.1 Å². The molecule has 31 heavy (non-hydrogen) atoms. The summed E-state index contributed by atoms with van der Waals surface area (Å²) in [5.41, 5.74) is 1.90. The van der Waals surface area contributed by atoms with Gasteiger partial charge in [-0.2, -0.15) is 4.31 Å². The minimum atomic E-state index is -3.50. The van der Waals surface area contributed by atoms with Crippen LogP contribution in [0.2, 0.25) is 0 Å². The van der Waals surface area contributed by atoms with Crippen LogP contribution in [0.1, 0.15) is 29.9 Å². The van der Waals surface area contributed by atoms with Crippen molar-refractivity contribution < 1.29 is 17.7 Å². The van der Waals surface area contributed by atoms with E-state index in [4.69, 9.17) is 4.52 Å². The number of benzene rings is 1. The standard InChI is InChI=1S/C22H30N4O4S/c1-17-3-5-21(6-4-17)31(28,29)26-9-7-19(8-10-26)22(27)25-13-11-24(12-14-25)16-20-15-18(2)23-30-20/h3-6,15,19H,7-14,16H2,1-2H3. The molecule has 2 fully saturated rings. The number of aromatic nitrogens is 1. The summed E-state index contributed by atoms with van der Waals surface area (Å²) in [4.78, 5) is 17.5. The molecule has 2 aliphatic rings. The largest absolute Gasteiger partial charge is 0.360 e. The molecule has 1 aromatic carbocycles. The van der Waals surface area contributed by atoms with Crippen molar-refractivity contribution in [1.29, 1.82) is 0 Å². The highest BCUT2D eigenvalue weighted by atomic mass is 32.2. The summed E-state index contributed by atoms with van der Waals surface area (Å²) in [6.45, 7) is 8.29. The SMILES string of the molecule is Cc1ccc(S(=O)(=O)N2CCC(C(=O)N3CCN(Cc4cc(C)no4)CC3)CC2)cc1. The van der Waals surface area contributed by atoms with E-state index in [0.717, 1.165) is 30.1 Å². The first kappa shape index (κ1) is 22.0. The number of carbonyl (C=O) groups excluding carboxylic acids is 1. The van der Waals surface area contributed by atoms with Gasteiger partial charge in [-0.1, -0.05) is 22.9 Å². The van der Waals surface area contributed by atoms with Gasteiger partial charge in [0, 0.05) is 51.3 Å². The number of carbonyl (C=O) groups is 1. The van der Waals surface area contributed by atoms with Crippen LogP contribution in [0.25, 0.3) is 0 Å². The Labute approximate surface area is 183 Å². The molecule has 0 bridgehead atoms.